The quantitative estimate of drug-likeness (QED) is 0.710. The van der Waals surface area contributed by atoms with Crippen LogP contribution in [0.25, 0.3) is 0 Å². The summed E-state index contributed by atoms with van der Waals surface area (Å²) in [6.07, 6.45) is 1.66. The van der Waals surface area contributed by atoms with Crippen molar-refractivity contribution in [2.24, 2.45) is 0 Å². The predicted octanol–water partition coefficient (Wildman–Crippen LogP) is 2.74. The largest absolute Gasteiger partial charge is 0.493 e. The van der Waals surface area contributed by atoms with Crippen LogP contribution in [-0.4, -0.2) is 37.6 Å². The van der Waals surface area contributed by atoms with E-state index in [2.05, 4.69) is 6.58 Å². The number of rotatable bonds is 7. The molecule has 4 heteroatoms. The number of benzene rings is 1. The number of methoxy groups -OCH3 is 1. The Morgan fingerprint density at radius 1 is 1.32 bits per heavy atom. The molecule has 0 aromatic heterocycles. The van der Waals surface area contributed by atoms with Crippen LogP contribution in [0, 0.1) is 0 Å². The van der Waals surface area contributed by atoms with Crippen LogP contribution < -0.4 is 9.47 Å². The molecule has 19 heavy (non-hydrogen) atoms. The Bertz CT molecular complexity index is 439. The Labute approximate surface area is 114 Å². The second-order valence-electron chi connectivity index (χ2n) is 3.94. The van der Waals surface area contributed by atoms with E-state index in [1.807, 2.05) is 13.8 Å². The lowest BCUT2D eigenvalue weighted by molar-refractivity contribution is 0.0772. The molecule has 1 aromatic carbocycles. The first-order valence-corrected chi connectivity index (χ1v) is 6.38. The molecule has 0 fully saturated rings. The van der Waals surface area contributed by atoms with Gasteiger partial charge in [0, 0.05) is 18.7 Å². The minimum atomic E-state index is -0.00132. The zero-order chi connectivity index (χ0) is 14.3. The van der Waals surface area contributed by atoms with E-state index in [4.69, 9.17) is 9.47 Å². The van der Waals surface area contributed by atoms with Gasteiger partial charge in [0.1, 0.15) is 6.61 Å². The third-order valence-corrected chi connectivity index (χ3v) is 2.82. The summed E-state index contributed by atoms with van der Waals surface area (Å²) >= 11 is 0. The fourth-order valence-corrected chi connectivity index (χ4v) is 1.76. The maximum absolute atomic E-state index is 12.2. The number of amides is 1. The van der Waals surface area contributed by atoms with Gasteiger partial charge >= 0.3 is 0 Å². The second-order valence-corrected chi connectivity index (χ2v) is 3.94. The van der Waals surface area contributed by atoms with Crippen LogP contribution >= 0.6 is 0 Å². The van der Waals surface area contributed by atoms with Gasteiger partial charge in [0.15, 0.2) is 11.5 Å². The van der Waals surface area contributed by atoms with Gasteiger partial charge in [0.05, 0.1) is 7.11 Å². The number of nitrogens with zero attached hydrogens (tertiary/aromatic N) is 1. The van der Waals surface area contributed by atoms with Crippen LogP contribution in [0.3, 0.4) is 0 Å². The average Bonchev–Trinajstić information content (AvgIpc) is 2.46. The normalized spacial score (nSPS) is 9.84. The van der Waals surface area contributed by atoms with Gasteiger partial charge in [-0.3, -0.25) is 4.79 Å². The number of ether oxygens (including phenoxy) is 2. The highest BCUT2D eigenvalue weighted by molar-refractivity contribution is 5.94. The molecule has 0 aliphatic carbocycles. The van der Waals surface area contributed by atoms with Crippen LogP contribution in [0.15, 0.2) is 30.9 Å². The summed E-state index contributed by atoms with van der Waals surface area (Å²) < 4.78 is 10.7. The van der Waals surface area contributed by atoms with E-state index < -0.39 is 0 Å². The fraction of sp³-hybridized carbons (Fsp3) is 0.400. The zero-order valence-corrected chi connectivity index (χ0v) is 11.8. The van der Waals surface area contributed by atoms with Crippen LogP contribution in [-0.2, 0) is 0 Å². The number of hydrogen-bond acceptors (Lipinski definition) is 3. The molecule has 4 nitrogen and oxygen atoms in total. The summed E-state index contributed by atoms with van der Waals surface area (Å²) in [5, 5.41) is 0. The topological polar surface area (TPSA) is 38.8 Å². The Balaban J connectivity index is 2.98. The first kappa shape index (κ1) is 15.1. The Morgan fingerprint density at radius 3 is 2.53 bits per heavy atom. The van der Waals surface area contributed by atoms with Crippen LogP contribution in [0.1, 0.15) is 24.2 Å². The highest BCUT2D eigenvalue weighted by Gasteiger charge is 2.15. The van der Waals surface area contributed by atoms with Gasteiger partial charge in [-0.05, 0) is 32.0 Å². The molecule has 0 aliphatic heterocycles. The first-order valence-electron chi connectivity index (χ1n) is 6.38. The third kappa shape index (κ3) is 3.74. The molecule has 0 spiro atoms. The van der Waals surface area contributed by atoms with Crippen molar-refractivity contribution in [3.8, 4) is 11.5 Å². The van der Waals surface area contributed by atoms with Crippen LogP contribution in [0.2, 0.25) is 0 Å². The average molecular weight is 263 g/mol. The lowest BCUT2D eigenvalue weighted by atomic mass is 10.1. The maximum atomic E-state index is 12.2. The van der Waals surface area contributed by atoms with Crippen LogP contribution in [0.4, 0.5) is 0 Å². The van der Waals surface area contributed by atoms with Crippen molar-refractivity contribution in [1.29, 1.82) is 0 Å². The molecule has 0 unspecified atom stereocenters. The van der Waals surface area contributed by atoms with Crippen molar-refractivity contribution < 1.29 is 14.3 Å². The minimum absolute atomic E-state index is 0.00132. The molecule has 0 heterocycles. The molecule has 1 aromatic rings. The van der Waals surface area contributed by atoms with Gasteiger partial charge in [0.2, 0.25) is 0 Å². The van der Waals surface area contributed by atoms with Crippen molar-refractivity contribution in [1.82, 2.24) is 4.90 Å². The molecular formula is C15H21NO3. The molecule has 0 saturated carbocycles. The molecule has 0 saturated heterocycles. The second kappa shape index (κ2) is 7.46. The Morgan fingerprint density at radius 2 is 2.00 bits per heavy atom. The molecule has 0 N–H and O–H groups in total. The maximum Gasteiger partial charge on any atom is 0.253 e. The van der Waals surface area contributed by atoms with E-state index in [0.29, 0.717) is 36.8 Å². The predicted molar refractivity (Wildman–Crippen MR) is 75.9 cm³/mol. The molecule has 0 bridgehead atoms. The van der Waals surface area contributed by atoms with E-state index in [-0.39, 0.29) is 5.91 Å². The molecule has 0 atom stereocenters. The van der Waals surface area contributed by atoms with Crippen LogP contribution in [0.5, 0.6) is 11.5 Å². The molecular weight excluding hydrogens is 242 g/mol. The zero-order valence-electron chi connectivity index (χ0n) is 11.8. The number of hydrogen-bond donors (Lipinski definition) is 0. The monoisotopic (exact) mass is 263 g/mol. The molecule has 1 amide bonds. The van der Waals surface area contributed by atoms with Crippen molar-refractivity contribution in [3.05, 3.63) is 36.4 Å². The summed E-state index contributed by atoms with van der Waals surface area (Å²) in [7, 11) is 1.56. The molecule has 0 radical (unpaired) electrons. The first-order chi connectivity index (χ1) is 9.17. The Hall–Kier alpha value is -1.97. The van der Waals surface area contributed by atoms with Crippen molar-refractivity contribution in [2.45, 2.75) is 13.8 Å². The molecule has 0 aliphatic rings. The smallest absolute Gasteiger partial charge is 0.253 e. The van der Waals surface area contributed by atoms with Crippen molar-refractivity contribution in [2.75, 3.05) is 26.8 Å². The van der Waals surface area contributed by atoms with Crippen molar-refractivity contribution >= 4 is 5.91 Å². The lowest BCUT2D eigenvalue weighted by Gasteiger charge is -2.19. The highest BCUT2D eigenvalue weighted by Crippen LogP contribution is 2.28. The summed E-state index contributed by atoms with van der Waals surface area (Å²) in [5.74, 6) is 1.16. The number of carbonyl (C=O) groups is 1. The Kier molecular flexibility index (Phi) is 5.93. The SMILES string of the molecule is C=CCOc1ccc(C(=O)N(CC)CC)cc1OC. The molecule has 104 valence electrons. The fourth-order valence-electron chi connectivity index (χ4n) is 1.76. The standard InChI is InChI=1S/C15H21NO3/c1-5-10-19-13-9-8-12(11-14(13)18-4)15(17)16(6-2)7-3/h5,8-9,11H,1,6-7,10H2,2-4H3. The third-order valence-electron chi connectivity index (χ3n) is 2.82. The van der Waals surface area contributed by atoms with Gasteiger partial charge in [-0.2, -0.15) is 0 Å². The number of carbonyl (C=O) groups excluding carboxylic acids is 1. The van der Waals surface area contributed by atoms with E-state index in [9.17, 15) is 4.79 Å². The van der Waals surface area contributed by atoms with Crippen molar-refractivity contribution in [3.63, 3.8) is 0 Å². The van der Waals surface area contributed by atoms with E-state index in [1.54, 1.807) is 36.3 Å². The van der Waals surface area contributed by atoms with Gasteiger partial charge in [-0.15, -0.1) is 0 Å². The minimum Gasteiger partial charge on any atom is -0.493 e. The van der Waals surface area contributed by atoms with Gasteiger partial charge < -0.3 is 14.4 Å². The van der Waals surface area contributed by atoms with E-state index in [1.165, 1.54) is 0 Å². The van der Waals surface area contributed by atoms with Gasteiger partial charge in [-0.1, -0.05) is 12.7 Å². The highest BCUT2D eigenvalue weighted by atomic mass is 16.5. The molecule has 1 rings (SSSR count). The summed E-state index contributed by atoms with van der Waals surface area (Å²) in [6.45, 7) is 9.29. The summed E-state index contributed by atoms with van der Waals surface area (Å²) in [6, 6.07) is 5.21. The van der Waals surface area contributed by atoms with Gasteiger partial charge in [-0.25, -0.2) is 0 Å². The van der Waals surface area contributed by atoms with Gasteiger partial charge in [0.25, 0.3) is 5.91 Å². The van der Waals surface area contributed by atoms with E-state index >= 15 is 0 Å². The summed E-state index contributed by atoms with van der Waals surface area (Å²) in [4.78, 5) is 14.0. The van der Waals surface area contributed by atoms with E-state index in [0.717, 1.165) is 0 Å². The summed E-state index contributed by atoms with van der Waals surface area (Å²) in [5.41, 5.74) is 0.603. The lowest BCUT2D eigenvalue weighted by Crippen LogP contribution is -2.30.